The number of nitrogens with one attached hydrogen (secondary N) is 2. The Morgan fingerprint density at radius 3 is 2.52 bits per heavy atom. The minimum Gasteiger partial charge on any atom is -0.355 e. The first kappa shape index (κ1) is 19.3. The van der Waals surface area contributed by atoms with Crippen LogP contribution in [0.15, 0.2) is 18.2 Å². The van der Waals surface area contributed by atoms with Crippen molar-refractivity contribution in [2.75, 3.05) is 13.1 Å². The fraction of sp³-hybridized carbons (Fsp3) is 0.385. The molecule has 0 fully saturated rings. The molecule has 0 aliphatic carbocycles. The Labute approximate surface area is 127 Å². The molecule has 0 aliphatic rings. The van der Waals surface area contributed by atoms with Gasteiger partial charge in [0, 0.05) is 31.6 Å². The molecule has 0 radical (unpaired) electrons. The van der Waals surface area contributed by atoms with E-state index in [0.717, 1.165) is 6.07 Å². The Bertz CT molecular complexity index is 500. The molecule has 4 N–H and O–H groups in total. The van der Waals surface area contributed by atoms with Gasteiger partial charge in [-0.2, -0.15) is 0 Å². The maximum atomic E-state index is 13.7. The van der Waals surface area contributed by atoms with Gasteiger partial charge in [0.2, 0.25) is 11.8 Å². The Kier molecular flexibility index (Phi) is 8.49. The lowest BCUT2D eigenvalue weighted by atomic mass is 10.0. The molecule has 118 valence electrons. The first-order valence-corrected chi connectivity index (χ1v) is 6.13. The molecular formula is C13H18ClF2N3O2. The Hall–Kier alpha value is -1.73. The predicted octanol–water partition coefficient (Wildman–Crippen LogP) is 1.03. The van der Waals surface area contributed by atoms with Crippen LogP contribution in [0.3, 0.4) is 0 Å². The van der Waals surface area contributed by atoms with Crippen LogP contribution in [0.2, 0.25) is 0 Å². The highest BCUT2D eigenvalue weighted by atomic mass is 35.5. The minimum atomic E-state index is -0.856. The van der Waals surface area contributed by atoms with Gasteiger partial charge in [-0.1, -0.05) is 6.07 Å². The topological polar surface area (TPSA) is 84.2 Å². The highest BCUT2D eigenvalue weighted by Gasteiger charge is 2.20. The van der Waals surface area contributed by atoms with E-state index in [4.69, 9.17) is 5.73 Å². The van der Waals surface area contributed by atoms with Crippen molar-refractivity contribution < 1.29 is 18.4 Å². The van der Waals surface area contributed by atoms with Crippen LogP contribution in [-0.2, 0) is 9.59 Å². The number of carbonyl (C=O) groups excluding carboxylic acids is 2. The number of hydrogen-bond acceptors (Lipinski definition) is 3. The van der Waals surface area contributed by atoms with Crippen molar-refractivity contribution in [2.24, 2.45) is 5.73 Å². The summed E-state index contributed by atoms with van der Waals surface area (Å²) in [4.78, 5) is 22.8. The van der Waals surface area contributed by atoms with Crippen LogP contribution in [0.4, 0.5) is 8.78 Å². The summed E-state index contributed by atoms with van der Waals surface area (Å²) in [5.74, 6) is -2.32. The number of hydrogen-bond donors (Lipinski definition) is 3. The Balaban J connectivity index is 0.00000400. The zero-order valence-corrected chi connectivity index (χ0v) is 12.3. The first-order chi connectivity index (χ1) is 9.43. The van der Waals surface area contributed by atoms with Gasteiger partial charge in [-0.05, 0) is 6.07 Å². The largest absolute Gasteiger partial charge is 0.355 e. The molecule has 1 aromatic rings. The van der Waals surface area contributed by atoms with E-state index in [9.17, 15) is 18.4 Å². The van der Waals surface area contributed by atoms with Crippen molar-refractivity contribution in [1.29, 1.82) is 0 Å². The van der Waals surface area contributed by atoms with E-state index >= 15 is 0 Å². The highest BCUT2D eigenvalue weighted by Crippen LogP contribution is 2.21. The number of benzene rings is 1. The number of halogens is 3. The molecule has 2 amide bonds. The second-order valence-electron chi connectivity index (χ2n) is 4.26. The molecule has 0 heterocycles. The molecule has 0 aromatic heterocycles. The number of amides is 2. The predicted molar refractivity (Wildman–Crippen MR) is 76.8 cm³/mol. The van der Waals surface area contributed by atoms with Crippen molar-refractivity contribution in [2.45, 2.75) is 19.4 Å². The fourth-order valence-corrected chi connectivity index (χ4v) is 1.74. The SMILES string of the molecule is CC(=O)NC(CC(=O)NCCN)c1ccc(F)cc1F.Cl. The zero-order valence-electron chi connectivity index (χ0n) is 11.5. The lowest BCUT2D eigenvalue weighted by molar-refractivity contribution is -0.122. The maximum absolute atomic E-state index is 13.7. The van der Waals surface area contributed by atoms with E-state index in [1.807, 2.05) is 0 Å². The molecule has 5 nitrogen and oxygen atoms in total. The molecular weight excluding hydrogens is 304 g/mol. The maximum Gasteiger partial charge on any atom is 0.222 e. The van der Waals surface area contributed by atoms with E-state index in [-0.39, 0.29) is 43.4 Å². The van der Waals surface area contributed by atoms with E-state index in [2.05, 4.69) is 10.6 Å². The van der Waals surface area contributed by atoms with Gasteiger partial charge >= 0.3 is 0 Å². The van der Waals surface area contributed by atoms with Crippen LogP contribution in [0.1, 0.15) is 24.9 Å². The van der Waals surface area contributed by atoms with Crippen molar-refractivity contribution in [3.63, 3.8) is 0 Å². The molecule has 0 saturated carbocycles. The number of carbonyl (C=O) groups is 2. The van der Waals surface area contributed by atoms with Gasteiger partial charge in [-0.15, -0.1) is 12.4 Å². The normalized spacial score (nSPS) is 11.2. The summed E-state index contributed by atoms with van der Waals surface area (Å²) in [5, 5.41) is 5.00. The second kappa shape index (κ2) is 9.25. The van der Waals surface area contributed by atoms with Crippen LogP contribution < -0.4 is 16.4 Å². The lowest BCUT2D eigenvalue weighted by Gasteiger charge is -2.18. The fourth-order valence-electron chi connectivity index (χ4n) is 1.74. The van der Waals surface area contributed by atoms with Gasteiger partial charge in [0.15, 0.2) is 0 Å². The van der Waals surface area contributed by atoms with Crippen LogP contribution >= 0.6 is 12.4 Å². The molecule has 0 aliphatic heterocycles. The standard InChI is InChI=1S/C13H17F2N3O2.ClH/c1-8(19)18-12(7-13(20)17-5-4-16)10-3-2-9(14)6-11(10)15;/h2-3,6,12H,4-5,7,16H2,1H3,(H,17,20)(H,18,19);1H. The summed E-state index contributed by atoms with van der Waals surface area (Å²) >= 11 is 0. The summed E-state index contributed by atoms with van der Waals surface area (Å²) in [5.41, 5.74) is 5.31. The van der Waals surface area contributed by atoms with Gasteiger partial charge < -0.3 is 16.4 Å². The molecule has 0 bridgehead atoms. The smallest absolute Gasteiger partial charge is 0.222 e. The molecule has 8 heteroatoms. The minimum absolute atomic E-state index is 0. The van der Waals surface area contributed by atoms with Gasteiger partial charge in [0.25, 0.3) is 0 Å². The van der Waals surface area contributed by atoms with Gasteiger partial charge in [0.1, 0.15) is 11.6 Å². The molecule has 1 rings (SSSR count). The monoisotopic (exact) mass is 321 g/mol. The van der Waals surface area contributed by atoms with Gasteiger partial charge in [-0.25, -0.2) is 8.78 Å². The molecule has 1 atom stereocenters. The molecule has 0 saturated heterocycles. The van der Waals surface area contributed by atoms with Crippen LogP contribution in [0, 0.1) is 11.6 Å². The molecule has 0 spiro atoms. The van der Waals surface area contributed by atoms with Crippen LogP contribution in [-0.4, -0.2) is 24.9 Å². The van der Waals surface area contributed by atoms with Crippen molar-refractivity contribution >= 4 is 24.2 Å². The Morgan fingerprint density at radius 1 is 1.33 bits per heavy atom. The second-order valence-corrected chi connectivity index (χ2v) is 4.26. The van der Waals surface area contributed by atoms with E-state index in [0.29, 0.717) is 6.07 Å². The number of nitrogens with two attached hydrogens (primary N) is 1. The van der Waals surface area contributed by atoms with E-state index < -0.39 is 23.6 Å². The highest BCUT2D eigenvalue weighted by molar-refractivity contribution is 5.85. The summed E-state index contributed by atoms with van der Waals surface area (Å²) in [7, 11) is 0. The van der Waals surface area contributed by atoms with Crippen molar-refractivity contribution in [3.05, 3.63) is 35.4 Å². The zero-order chi connectivity index (χ0) is 15.1. The first-order valence-electron chi connectivity index (χ1n) is 6.13. The summed E-state index contributed by atoms with van der Waals surface area (Å²) in [6.07, 6.45) is -0.151. The van der Waals surface area contributed by atoms with E-state index in [1.54, 1.807) is 0 Å². The molecule has 21 heavy (non-hydrogen) atoms. The van der Waals surface area contributed by atoms with E-state index in [1.165, 1.54) is 13.0 Å². The van der Waals surface area contributed by atoms with Gasteiger partial charge in [-0.3, -0.25) is 9.59 Å². The van der Waals surface area contributed by atoms with Crippen LogP contribution in [0.25, 0.3) is 0 Å². The van der Waals surface area contributed by atoms with Crippen LogP contribution in [0.5, 0.6) is 0 Å². The summed E-state index contributed by atoms with van der Waals surface area (Å²) in [6, 6.07) is 2.14. The lowest BCUT2D eigenvalue weighted by Crippen LogP contribution is -2.35. The van der Waals surface area contributed by atoms with Crippen molar-refractivity contribution in [3.8, 4) is 0 Å². The summed E-state index contributed by atoms with van der Waals surface area (Å²) in [6.45, 7) is 1.82. The van der Waals surface area contributed by atoms with Gasteiger partial charge in [0.05, 0.1) is 12.5 Å². The summed E-state index contributed by atoms with van der Waals surface area (Å²) < 4.78 is 26.6. The average Bonchev–Trinajstić information content (AvgIpc) is 2.35. The molecule has 1 unspecified atom stereocenters. The third kappa shape index (κ3) is 6.50. The van der Waals surface area contributed by atoms with Crippen molar-refractivity contribution in [1.82, 2.24) is 10.6 Å². The third-order valence-electron chi connectivity index (χ3n) is 2.57. The third-order valence-corrected chi connectivity index (χ3v) is 2.57. The quantitative estimate of drug-likeness (QED) is 0.731. The average molecular weight is 322 g/mol. The number of rotatable bonds is 6. The molecule has 1 aromatic carbocycles. The Morgan fingerprint density at radius 2 is 2.00 bits per heavy atom.